The van der Waals surface area contributed by atoms with E-state index >= 15 is 0 Å². The summed E-state index contributed by atoms with van der Waals surface area (Å²) in [7, 11) is 0. The Balaban J connectivity index is 2.24. The first-order valence-electron chi connectivity index (χ1n) is 4.84. The van der Waals surface area contributed by atoms with Gasteiger partial charge in [0, 0.05) is 10.7 Å². The second-order valence-corrected chi connectivity index (χ2v) is 4.14. The van der Waals surface area contributed by atoms with Gasteiger partial charge in [-0.25, -0.2) is 4.39 Å². The van der Waals surface area contributed by atoms with Crippen LogP contribution in [0.3, 0.4) is 0 Å². The predicted octanol–water partition coefficient (Wildman–Crippen LogP) is 3.24. The number of carbonyl (C=O) groups is 1. The van der Waals surface area contributed by atoms with Crippen molar-refractivity contribution in [3.05, 3.63) is 58.6 Å². The van der Waals surface area contributed by atoms with Gasteiger partial charge in [0.2, 0.25) is 0 Å². The first-order valence-corrected chi connectivity index (χ1v) is 5.63. The van der Waals surface area contributed by atoms with Crippen molar-refractivity contribution in [2.45, 2.75) is 0 Å². The lowest BCUT2D eigenvalue weighted by Gasteiger charge is -2.07. The number of rotatable bonds is 2. The van der Waals surface area contributed by atoms with Crippen LogP contribution in [-0.2, 0) is 0 Å². The van der Waals surface area contributed by atoms with E-state index in [-0.39, 0.29) is 5.56 Å². The first kappa shape index (κ1) is 11.7. The van der Waals surface area contributed by atoms with E-state index in [4.69, 9.17) is 0 Å². The van der Waals surface area contributed by atoms with Gasteiger partial charge < -0.3 is 5.32 Å². The van der Waals surface area contributed by atoms with Crippen molar-refractivity contribution in [2.75, 3.05) is 5.32 Å². The minimum Gasteiger partial charge on any atom is -0.321 e. The van der Waals surface area contributed by atoms with E-state index in [0.29, 0.717) is 5.69 Å². The Bertz CT molecular complexity index is 560. The maximum Gasteiger partial charge on any atom is 0.258 e. The van der Waals surface area contributed by atoms with Crippen molar-refractivity contribution in [2.24, 2.45) is 0 Å². The molecule has 3 nitrogen and oxygen atoms in total. The van der Waals surface area contributed by atoms with Crippen molar-refractivity contribution < 1.29 is 9.18 Å². The fraction of sp³-hybridized carbons (Fsp3) is 0. The highest BCUT2D eigenvalue weighted by molar-refractivity contribution is 9.10. The number of benzene rings is 1. The zero-order chi connectivity index (χ0) is 12.3. The first-order chi connectivity index (χ1) is 8.18. The number of hydrogen-bond acceptors (Lipinski definition) is 2. The zero-order valence-corrected chi connectivity index (χ0v) is 10.2. The molecule has 1 aromatic carbocycles. The van der Waals surface area contributed by atoms with Crippen LogP contribution in [0.1, 0.15) is 10.4 Å². The molecule has 1 aromatic heterocycles. The largest absolute Gasteiger partial charge is 0.321 e. The van der Waals surface area contributed by atoms with Gasteiger partial charge in [-0.2, -0.15) is 0 Å². The summed E-state index contributed by atoms with van der Waals surface area (Å²) in [6.45, 7) is 0. The summed E-state index contributed by atoms with van der Waals surface area (Å²) in [5.41, 5.74) is 0.560. The molecule has 1 amide bonds. The molecule has 5 heteroatoms. The van der Waals surface area contributed by atoms with Crippen LogP contribution in [0.5, 0.6) is 0 Å². The minimum absolute atomic E-state index is 0.0317. The molecule has 0 fully saturated rings. The van der Waals surface area contributed by atoms with E-state index in [2.05, 4.69) is 26.2 Å². The van der Waals surface area contributed by atoms with Crippen LogP contribution >= 0.6 is 15.9 Å². The maximum absolute atomic E-state index is 13.3. The number of hydrogen-bond donors (Lipinski definition) is 1. The summed E-state index contributed by atoms with van der Waals surface area (Å²) in [6.07, 6.45) is 2.38. The van der Waals surface area contributed by atoms with E-state index in [9.17, 15) is 9.18 Å². The highest BCUT2D eigenvalue weighted by Crippen LogP contribution is 2.22. The monoisotopic (exact) mass is 294 g/mol. The van der Waals surface area contributed by atoms with Crippen LogP contribution in [0.25, 0.3) is 0 Å². The summed E-state index contributed by atoms with van der Waals surface area (Å²) in [4.78, 5) is 15.4. The second kappa shape index (κ2) is 5.05. The van der Waals surface area contributed by atoms with Crippen LogP contribution in [0.15, 0.2) is 47.2 Å². The lowest BCUT2D eigenvalue weighted by atomic mass is 10.2. The standard InChI is InChI=1S/C12H8BrFN2O/c13-9-3-1-2-4-11(9)16-12(17)8-5-6-15-7-10(8)14/h1-7H,(H,16,17). The third-order valence-electron chi connectivity index (χ3n) is 2.14. The van der Waals surface area contributed by atoms with Crippen LogP contribution in [0.4, 0.5) is 10.1 Å². The van der Waals surface area contributed by atoms with Crippen LogP contribution < -0.4 is 5.32 Å². The van der Waals surface area contributed by atoms with Gasteiger partial charge in [0.05, 0.1) is 17.4 Å². The SMILES string of the molecule is O=C(Nc1ccccc1Br)c1ccncc1F. The van der Waals surface area contributed by atoms with Gasteiger partial charge in [0.25, 0.3) is 5.91 Å². The summed E-state index contributed by atoms with van der Waals surface area (Å²) < 4.78 is 14.0. The summed E-state index contributed by atoms with van der Waals surface area (Å²) >= 11 is 3.30. The van der Waals surface area contributed by atoms with Crippen LogP contribution in [-0.4, -0.2) is 10.9 Å². The van der Waals surface area contributed by atoms with Crippen LogP contribution in [0, 0.1) is 5.82 Å². The van der Waals surface area contributed by atoms with Crippen molar-refractivity contribution in [1.82, 2.24) is 4.98 Å². The number of para-hydroxylation sites is 1. The molecular formula is C12H8BrFN2O. The van der Waals surface area contributed by atoms with Crippen molar-refractivity contribution in [3.63, 3.8) is 0 Å². The van der Waals surface area contributed by atoms with Gasteiger partial charge in [-0.15, -0.1) is 0 Å². The fourth-order valence-corrected chi connectivity index (χ4v) is 1.70. The Hall–Kier alpha value is -1.75. The van der Waals surface area contributed by atoms with Crippen LogP contribution in [0.2, 0.25) is 0 Å². The molecule has 0 aliphatic carbocycles. The minimum atomic E-state index is -0.642. The predicted molar refractivity (Wildman–Crippen MR) is 66.3 cm³/mol. The van der Waals surface area contributed by atoms with Gasteiger partial charge in [0.1, 0.15) is 0 Å². The molecule has 1 N–H and O–H groups in total. The molecule has 0 unspecified atom stereocenters. The average Bonchev–Trinajstić information content (AvgIpc) is 2.32. The lowest BCUT2D eigenvalue weighted by Crippen LogP contribution is -2.14. The summed E-state index contributed by atoms with van der Waals surface area (Å²) in [5, 5.41) is 2.61. The highest BCUT2D eigenvalue weighted by atomic mass is 79.9. The van der Waals surface area contributed by atoms with E-state index in [1.165, 1.54) is 12.3 Å². The zero-order valence-electron chi connectivity index (χ0n) is 8.65. The quantitative estimate of drug-likeness (QED) is 0.924. The number of halogens is 2. The van der Waals surface area contributed by atoms with Gasteiger partial charge in [-0.05, 0) is 34.1 Å². The molecule has 86 valence electrons. The molecule has 17 heavy (non-hydrogen) atoms. The fourth-order valence-electron chi connectivity index (χ4n) is 1.31. The number of nitrogens with one attached hydrogen (secondary N) is 1. The molecule has 0 bridgehead atoms. The van der Waals surface area contributed by atoms with E-state index in [1.54, 1.807) is 18.2 Å². The topological polar surface area (TPSA) is 42.0 Å². The Morgan fingerprint density at radius 2 is 2.06 bits per heavy atom. The number of nitrogens with zero attached hydrogens (tertiary/aromatic N) is 1. The summed E-state index contributed by atoms with van der Waals surface area (Å²) in [5.74, 6) is -1.14. The molecule has 0 atom stereocenters. The number of aromatic nitrogens is 1. The number of carbonyl (C=O) groups excluding carboxylic acids is 1. The molecule has 0 aliphatic rings. The van der Waals surface area contributed by atoms with Gasteiger partial charge >= 0.3 is 0 Å². The maximum atomic E-state index is 13.3. The molecule has 2 rings (SSSR count). The molecule has 0 spiro atoms. The van der Waals surface area contributed by atoms with Gasteiger partial charge in [0.15, 0.2) is 5.82 Å². The number of pyridine rings is 1. The van der Waals surface area contributed by atoms with Gasteiger partial charge in [-0.3, -0.25) is 9.78 Å². The molecular weight excluding hydrogens is 287 g/mol. The van der Waals surface area contributed by atoms with Crippen molar-refractivity contribution in [3.8, 4) is 0 Å². The molecule has 0 aliphatic heterocycles. The summed E-state index contributed by atoms with van der Waals surface area (Å²) in [6, 6.07) is 8.46. The molecule has 1 heterocycles. The average molecular weight is 295 g/mol. The normalized spacial score (nSPS) is 10.0. The Morgan fingerprint density at radius 1 is 1.29 bits per heavy atom. The highest BCUT2D eigenvalue weighted by Gasteiger charge is 2.12. The molecule has 0 radical (unpaired) electrons. The number of anilines is 1. The molecule has 0 saturated carbocycles. The number of amides is 1. The van der Waals surface area contributed by atoms with Crippen molar-refractivity contribution >= 4 is 27.5 Å². The Morgan fingerprint density at radius 3 is 2.76 bits per heavy atom. The smallest absolute Gasteiger partial charge is 0.258 e. The lowest BCUT2D eigenvalue weighted by molar-refractivity contribution is 0.102. The third-order valence-corrected chi connectivity index (χ3v) is 2.83. The van der Waals surface area contributed by atoms with E-state index in [1.807, 2.05) is 6.07 Å². The van der Waals surface area contributed by atoms with E-state index in [0.717, 1.165) is 10.7 Å². The third kappa shape index (κ3) is 2.68. The second-order valence-electron chi connectivity index (χ2n) is 3.29. The van der Waals surface area contributed by atoms with Gasteiger partial charge in [-0.1, -0.05) is 12.1 Å². The van der Waals surface area contributed by atoms with E-state index < -0.39 is 11.7 Å². The Kier molecular flexibility index (Phi) is 3.49. The molecule has 2 aromatic rings. The van der Waals surface area contributed by atoms with Crippen molar-refractivity contribution in [1.29, 1.82) is 0 Å². The Labute approximate surface area is 106 Å². The molecule has 0 saturated heterocycles.